The molecule has 0 aromatic carbocycles. The van der Waals surface area contributed by atoms with Crippen LogP contribution in [0.2, 0.25) is 0 Å². The quantitative estimate of drug-likeness (QED) is 0.536. The van der Waals surface area contributed by atoms with Crippen LogP contribution in [0.3, 0.4) is 0 Å². The van der Waals surface area contributed by atoms with E-state index in [-0.39, 0.29) is 5.41 Å². The van der Waals surface area contributed by atoms with Crippen molar-refractivity contribution in [1.82, 2.24) is 4.90 Å². The molecule has 0 aromatic heterocycles. The zero-order chi connectivity index (χ0) is 9.19. The molecule has 0 saturated carbocycles. The van der Waals surface area contributed by atoms with Gasteiger partial charge >= 0.3 is 0 Å². The van der Waals surface area contributed by atoms with Gasteiger partial charge in [0.15, 0.2) is 0 Å². The van der Waals surface area contributed by atoms with Crippen LogP contribution in [0.5, 0.6) is 0 Å². The second-order valence-corrected chi connectivity index (χ2v) is 4.54. The van der Waals surface area contributed by atoms with Crippen molar-refractivity contribution < 1.29 is 4.74 Å². The van der Waals surface area contributed by atoms with Crippen LogP contribution in [0.4, 0.5) is 0 Å². The first-order valence-corrected chi connectivity index (χ1v) is 4.80. The molecule has 0 aromatic rings. The first-order chi connectivity index (χ1) is 5.52. The Bertz CT molecular complexity index is 168. The van der Waals surface area contributed by atoms with E-state index in [4.69, 9.17) is 17.0 Å². The van der Waals surface area contributed by atoms with Gasteiger partial charge in [0, 0.05) is 18.5 Å². The van der Waals surface area contributed by atoms with Crippen LogP contribution >= 0.6 is 12.2 Å². The molecular weight excluding hydrogens is 170 g/mol. The highest BCUT2D eigenvalue weighted by Gasteiger charge is 2.23. The van der Waals surface area contributed by atoms with Gasteiger partial charge in [-0.25, -0.2) is 0 Å². The van der Waals surface area contributed by atoms with Crippen molar-refractivity contribution in [2.45, 2.75) is 20.8 Å². The summed E-state index contributed by atoms with van der Waals surface area (Å²) in [5, 5.41) is 0. The van der Waals surface area contributed by atoms with Crippen LogP contribution in [-0.4, -0.2) is 36.2 Å². The highest BCUT2D eigenvalue weighted by molar-refractivity contribution is 7.80. The van der Waals surface area contributed by atoms with E-state index in [2.05, 4.69) is 25.7 Å². The van der Waals surface area contributed by atoms with Gasteiger partial charge < -0.3 is 9.64 Å². The molecule has 1 aliphatic heterocycles. The third kappa shape index (κ3) is 2.42. The number of hydrogen-bond acceptors (Lipinski definition) is 2. The summed E-state index contributed by atoms with van der Waals surface area (Å²) in [6.45, 7) is 10.0. The standard InChI is InChI=1S/C9H17NOS/c1-9(2,3)8(12)10-4-6-11-7-5-10/h4-7H2,1-3H3. The largest absolute Gasteiger partial charge is 0.378 e. The van der Waals surface area contributed by atoms with E-state index < -0.39 is 0 Å². The molecule has 0 spiro atoms. The minimum atomic E-state index is 0.118. The third-order valence-electron chi connectivity index (χ3n) is 1.94. The second-order valence-electron chi connectivity index (χ2n) is 4.15. The van der Waals surface area contributed by atoms with E-state index >= 15 is 0 Å². The van der Waals surface area contributed by atoms with Crippen molar-refractivity contribution in [1.29, 1.82) is 0 Å². The number of thiocarbonyl (C=S) groups is 1. The molecule has 70 valence electrons. The van der Waals surface area contributed by atoms with Crippen molar-refractivity contribution in [3.63, 3.8) is 0 Å². The second kappa shape index (κ2) is 3.71. The molecule has 0 aliphatic carbocycles. The van der Waals surface area contributed by atoms with Gasteiger partial charge in [0.05, 0.1) is 18.2 Å². The molecule has 2 nitrogen and oxygen atoms in total. The van der Waals surface area contributed by atoms with E-state index in [0.717, 1.165) is 31.3 Å². The fourth-order valence-corrected chi connectivity index (χ4v) is 1.42. The molecule has 1 saturated heterocycles. The Kier molecular flexibility index (Phi) is 3.07. The summed E-state index contributed by atoms with van der Waals surface area (Å²) in [5.74, 6) is 0. The van der Waals surface area contributed by atoms with E-state index in [0.29, 0.717) is 0 Å². The van der Waals surface area contributed by atoms with E-state index in [1.165, 1.54) is 0 Å². The molecule has 0 unspecified atom stereocenters. The van der Waals surface area contributed by atoms with Crippen LogP contribution in [0.25, 0.3) is 0 Å². The minimum absolute atomic E-state index is 0.118. The molecule has 12 heavy (non-hydrogen) atoms. The third-order valence-corrected chi connectivity index (χ3v) is 2.81. The molecule has 1 rings (SSSR count). The maximum absolute atomic E-state index is 5.38. The summed E-state index contributed by atoms with van der Waals surface area (Å²) in [6, 6.07) is 0. The van der Waals surface area contributed by atoms with Crippen LogP contribution in [-0.2, 0) is 4.74 Å². The average molecular weight is 187 g/mol. The molecule has 1 aliphatic rings. The summed E-state index contributed by atoms with van der Waals surface area (Å²) >= 11 is 5.38. The summed E-state index contributed by atoms with van der Waals surface area (Å²) in [7, 11) is 0. The van der Waals surface area contributed by atoms with Crippen molar-refractivity contribution >= 4 is 17.2 Å². The van der Waals surface area contributed by atoms with Crippen LogP contribution in [0.1, 0.15) is 20.8 Å². The molecule has 3 heteroatoms. The highest BCUT2D eigenvalue weighted by Crippen LogP contribution is 2.19. The Morgan fingerprint density at radius 3 is 2.17 bits per heavy atom. The lowest BCUT2D eigenvalue weighted by molar-refractivity contribution is 0.0659. The summed E-state index contributed by atoms with van der Waals surface area (Å²) in [4.78, 5) is 3.31. The zero-order valence-corrected chi connectivity index (χ0v) is 8.91. The van der Waals surface area contributed by atoms with E-state index in [9.17, 15) is 0 Å². The van der Waals surface area contributed by atoms with Crippen LogP contribution < -0.4 is 0 Å². The van der Waals surface area contributed by atoms with Gasteiger partial charge in [-0.3, -0.25) is 0 Å². The lowest BCUT2D eigenvalue weighted by Gasteiger charge is -2.35. The van der Waals surface area contributed by atoms with Crippen LogP contribution in [0.15, 0.2) is 0 Å². The SMILES string of the molecule is CC(C)(C)C(=S)N1CCOCC1. The van der Waals surface area contributed by atoms with E-state index in [1.54, 1.807) is 0 Å². The maximum Gasteiger partial charge on any atom is 0.0835 e. The Balaban J connectivity index is 2.51. The van der Waals surface area contributed by atoms with Gasteiger partial charge in [-0.1, -0.05) is 33.0 Å². The first-order valence-electron chi connectivity index (χ1n) is 4.39. The number of hydrogen-bond donors (Lipinski definition) is 0. The average Bonchev–Trinajstić information content (AvgIpc) is 2.03. The monoisotopic (exact) mass is 187 g/mol. The number of nitrogens with zero attached hydrogens (tertiary/aromatic N) is 1. The first kappa shape index (κ1) is 9.93. The normalized spacial score (nSPS) is 19.4. The fraction of sp³-hybridized carbons (Fsp3) is 0.889. The number of morpholine rings is 1. The lowest BCUT2D eigenvalue weighted by atomic mass is 9.95. The van der Waals surface area contributed by atoms with Gasteiger partial charge in [0.25, 0.3) is 0 Å². The van der Waals surface area contributed by atoms with Gasteiger partial charge in [-0.15, -0.1) is 0 Å². The van der Waals surface area contributed by atoms with Gasteiger partial charge in [0.2, 0.25) is 0 Å². The van der Waals surface area contributed by atoms with Crippen LogP contribution in [0, 0.1) is 5.41 Å². The van der Waals surface area contributed by atoms with Crippen molar-refractivity contribution in [3.05, 3.63) is 0 Å². The predicted molar refractivity (Wildman–Crippen MR) is 54.4 cm³/mol. The van der Waals surface area contributed by atoms with Gasteiger partial charge in [-0.05, 0) is 0 Å². The Morgan fingerprint density at radius 2 is 1.75 bits per heavy atom. The van der Waals surface area contributed by atoms with Gasteiger partial charge in [0.1, 0.15) is 0 Å². The molecule has 0 atom stereocenters. The van der Waals surface area contributed by atoms with Gasteiger partial charge in [-0.2, -0.15) is 0 Å². The molecule has 0 amide bonds. The Labute approximate surface area is 79.9 Å². The Hall–Kier alpha value is -0.150. The highest BCUT2D eigenvalue weighted by atomic mass is 32.1. The van der Waals surface area contributed by atoms with Crippen molar-refractivity contribution in [2.75, 3.05) is 26.3 Å². The summed E-state index contributed by atoms with van der Waals surface area (Å²) < 4.78 is 5.26. The minimum Gasteiger partial charge on any atom is -0.378 e. The van der Waals surface area contributed by atoms with E-state index in [1.807, 2.05) is 0 Å². The molecule has 0 bridgehead atoms. The summed E-state index contributed by atoms with van der Waals surface area (Å²) in [6.07, 6.45) is 0. The zero-order valence-electron chi connectivity index (χ0n) is 8.09. The number of rotatable bonds is 0. The van der Waals surface area contributed by atoms with Crippen molar-refractivity contribution in [3.8, 4) is 0 Å². The van der Waals surface area contributed by atoms with Crippen molar-refractivity contribution in [2.24, 2.45) is 5.41 Å². The smallest absolute Gasteiger partial charge is 0.0835 e. The predicted octanol–water partition coefficient (Wildman–Crippen LogP) is 1.69. The molecule has 1 fully saturated rings. The molecule has 0 N–H and O–H groups in total. The number of ether oxygens (including phenoxy) is 1. The lowest BCUT2D eigenvalue weighted by Crippen LogP contribution is -2.44. The summed E-state index contributed by atoms with van der Waals surface area (Å²) in [5.41, 5.74) is 0.118. The molecule has 0 radical (unpaired) electrons. The topological polar surface area (TPSA) is 12.5 Å². The Morgan fingerprint density at radius 1 is 1.25 bits per heavy atom. The molecule has 1 heterocycles. The molecular formula is C9H17NOS. The fourth-order valence-electron chi connectivity index (χ4n) is 1.24. The maximum atomic E-state index is 5.38.